The van der Waals surface area contributed by atoms with Gasteiger partial charge in [-0.15, -0.1) is 5.10 Å². The molecule has 1 aromatic rings. The summed E-state index contributed by atoms with van der Waals surface area (Å²) in [6, 6.07) is 0. The van der Waals surface area contributed by atoms with Crippen LogP contribution in [0.25, 0.3) is 0 Å². The minimum Gasteiger partial charge on any atom is -0.481 e. The number of halogens is 3. The van der Waals surface area contributed by atoms with E-state index >= 15 is 0 Å². The zero-order valence-corrected chi connectivity index (χ0v) is 9.90. The molecule has 0 saturated heterocycles. The summed E-state index contributed by atoms with van der Waals surface area (Å²) in [4.78, 5) is 11.2. The Morgan fingerprint density at radius 3 is 2.28 bits per heavy atom. The fourth-order valence-corrected chi connectivity index (χ4v) is 1.64. The monoisotopic (exact) mass is 266 g/mol. The predicted octanol–water partition coefficient (Wildman–Crippen LogP) is 1.58. The van der Waals surface area contributed by atoms with Gasteiger partial charge in [0.15, 0.2) is 0 Å². The second kappa shape index (κ2) is 4.91. The lowest BCUT2D eigenvalue weighted by atomic mass is 9.82. The Balaban J connectivity index is 3.10. The molecule has 102 valence electrons. The molecule has 0 aromatic carbocycles. The summed E-state index contributed by atoms with van der Waals surface area (Å²) >= 11 is 0. The molecule has 0 amide bonds. The van der Waals surface area contributed by atoms with Gasteiger partial charge >= 0.3 is 12.1 Å². The van der Waals surface area contributed by atoms with E-state index < -0.39 is 29.9 Å². The molecule has 1 aromatic heterocycles. The van der Waals surface area contributed by atoms with Crippen molar-refractivity contribution >= 4 is 5.97 Å². The lowest BCUT2D eigenvalue weighted by molar-refractivity contribution is -0.155. The Bertz CT molecular complexity index is 426. The number of nitrogens with zero attached hydrogens (tertiary/aromatic N) is 4. The van der Waals surface area contributed by atoms with Gasteiger partial charge in [-0.05, 0) is 23.3 Å². The number of aromatic nitrogens is 4. The molecule has 6 nitrogen and oxygen atoms in total. The molecular formula is C9H13F3N4O2. The highest BCUT2D eigenvalue weighted by Crippen LogP contribution is 2.32. The molecule has 0 saturated carbocycles. The minimum absolute atomic E-state index is 0.190. The van der Waals surface area contributed by atoms with Gasteiger partial charge in [0, 0.05) is 0 Å². The molecular weight excluding hydrogens is 253 g/mol. The maximum Gasteiger partial charge on any atom is 0.453 e. The average Bonchev–Trinajstić information content (AvgIpc) is 2.73. The highest BCUT2D eigenvalue weighted by atomic mass is 19.4. The molecule has 1 heterocycles. The predicted molar refractivity (Wildman–Crippen MR) is 53.5 cm³/mol. The Morgan fingerprint density at radius 2 is 1.89 bits per heavy atom. The maximum absolute atomic E-state index is 12.6. The Morgan fingerprint density at radius 1 is 1.33 bits per heavy atom. The molecule has 1 N–H and O–H groups in total. The van der Waals surface area contributed by atoms with Gasteiger partial charge in [-0.3, -0.25) is 4.79 Å². The summed E-state index contributed by atoms with van der Waals surface area (Å²) in [5.41, 5.74) is -1.30. The van der Waals surface area contributed by atoms with E-state index in [1.165, 1.54) is 0 Å². The molecule has 9 heteroatoms. The number of aliphatic carboxylic acids is 1. The van der Waals surface area contributed by atoms with Crippen LogP contribution in [-0.4, -0.2) is 31.3 Å². The number of carboxylic acid groups (broad SMARTS) is 1. The van der Waals surface area contributed by atoms with E-state index in [2.05, 4.69) is 15.5 Å². The van der Waals surface area contributed by atoms with Crippen LogP contribution in [0, 0.1) is 5.41 Å². The normalized spacial score (nSPS) is 12.7. The van der Waals surface area contributed by atoms with Crippen LogP contribution < -0.4 is 0 Å². The van der Waals surface area contributed by atoms with Crippen LogP contribution in [0.4, 0.5) is 13.2 Å². The van der Waals surface area contributed by atoms with Gasteiger partial charge in [-0.25, -0.2) is 4.68 Å². The number of hydrogen-bond donors (Lipinski definition) is 1. The van der Waals surface area contributed by atoms with E-state index in [4.69, 9.17) is 5.11 Å². The van der Waals surface area contributed by atoms with E-state index in [1.54, 1.807) is 13.8 Å². The Kier molecular flexibility index (Phi) is 3.92. The number of tetrazole rings is 1. The maximum atomic E-state index is 12.6. The van der Waals surface area contributed by atoms with Crippen molar-refractivity contribution in [3.8, 4) is 0 Å². The van der Waals surface area contributed by atoms with Gasteiger partial charge < -0.3 is 5.11 Å². The molecule has 0 aliphatic rings. The first-order chi connectivity index (χ1) is 8.27. The lowest BCUT2D eigenvalue weighted by Gasteiger charge is -2.26. The topological polar surface area (TPSA) is 80.9 Å². The first-order valence-corrected chi connectivity index (χ1v) is 5.33. The summed E-state index contributed by atoms with van der Waals surface area (Å²) in [7, 11) is 0. The van der Waals surface area contributed by atoms with Crippen LogP contribution in [0.2, 0.25) is 0 Å². The van der Waals surface area contributed by atoms with E-state index in [0.717, 1.165) is 0 Å². The van der Waals surface area contributed by atoms with Crippen LogP contribution in [-0.2, 0) is 17.5 Å². The Labute approximate surface area is 101 Å². The van der Waals surface area contributed by atoms with Gasteiger partial charge in [-0.1, -0.05) is 13.8 Å². The van der Waals surface area contributed by atoms with Crippen molar-refractivity contribution in [2.75, 3.05) is 0 Å². The van der Waals surface area contributed by atoms with E-state index in [1.807, 2.05) is 0 Å². The molecule has 0 aliphatic heterocycles. The van der Waals surface area contributed by atoms with Crippen LogP contribution in [0.15, 0.2) is 0 Å². The van der Waals surface area contributed by atoms with Crippen molar-refractivity contribution in [1.29, 1.82) is 0 Å². The summed E-state index contributed by atoms with van der Waals surface area (Å²) < 4.78 is 38.2. The third-order valence-corrected chi connectivity index (χ3v) is 3.05. The van der Waals surface area contributed by atoms with Gasteiger partial charge in [0.2, 0.25) is 0 Å². The van der Waals surface area contributed by atoms with Crippen LogP contribution in [0.3, 0.4) is 0 Å². The average molecular weight is 266 g/mol. The molecule has 18 heavy (non-hydrogen) atoms. The number of carboxylic acids is 1. The molecule has 0 unspecified atom stereocenters. The van der Waals surface area contributed by atoms with E-state index in [-0.39, 0.29) is 12.8 Å². The summed E-state index contributed by atoms with van der Waals surface area (Å²) in [6.07, 6.45) is -4.32. The number of rotatable bonds is 5. The minimum atomic E-state index is -4.70. The zero-order chi connectivity index (χ0) is 14.0. The van der Waals surface area contributed by atoms with E-state index in [9.17, 15) is 18.0 Å². The van der Waals surface area contributed by atoms with Crippen molar-refractivity contribution in [2.24, 2.45) is 5.41 Å². The fraction of sp³-hybridized carbons (Fsp3) is 0.778. The molecule has 0 aliphatic carbocycles. The molecule has 0 spiro atoms. The van der Waals surface area contributed by atoms with Crippen LogP contribution >= 0.6 is 0 Å². The van der Waals surface area contributed by atoms with E-state index in [0.29, 0.717) is 4.68 Å². The molecule has 0 fully saturated rings. The number of alkyl halides is 3. The van der Waals surface area contributed by atoms with Crippen LogP contribution in [0.1, 0.15) is 32.5 Å². The van der Waals surface area contributed by atoms with Crippen molar-refractivity contribution in [2.45, 2.75) is 39.4 Å². The second-order valence-electron chi connectivity index (χ2n) is 3.95. The molecule has 0 atom stereocenters. The summed E-state index contributed by atoms with van der Waals surface area (Å²) in [6.45, 7) is 2.81. The first kappa shape index (κ1) is 14.4. The quantitative estimate of drug-likeness (QED) is 0.875. The highest BCUT2D eigenvalue weighted by molar-refractivity contribution is 5.74. The van der Waals surface area contributed by atoms with Gasteiger partial charge in [0.25, 0.3) is 5.82 Å². The van der Waals surface area contributed by atoms with Crippen molar-refractivity contribution in [3.63, 3.8) is 0 Å². The fourth-order valence-electron chi connectivity index (χ4n) is 1.64. The zero-order valence-electron chi connectivity index (χ0n) is 9.90. The Hall–Kier alpha value is -1.67. The first-order valence-electron chi connectivity index (χ1n) is 5.33. The van der Waals surface area contributed by atoms with Crippen molar-refractivity contribution in [1.82, 2.24) is 20.2 Å². The highest BCUT2D eigenvalue weighted by Gasteiger charge is 2.42. The number of carbonyl (C=O) groups is 1. The second-order valence-corrected chi connectivity index (χ2v) is 3.95. The van der Waals surface area contributed by atoms with Crippen molar-refractivity contribution in [3.05, 3.63) is 5.82 Å². The van der Waals surface area contributed by atoms with Crippen molar-refractivity contribution < 1.29 is 23.1 Å². The van der Waals surface area contributed by atoms with Gasteiger partial charge in [0.1, 0.15) is 0 Å². The molecule has 0 bridgehead atoms. The number of hydrogen-bond acceptors (Lipinski definition) is 4. The van der Waals surface area contributed by atoms with Gasteiger partial charge in [-0.2, -0.15) is 13.2 Å². The smallest absolute Gasteiger partial charge is 0.453 e. The molecule has 1 rings (SSSR count). The van der Waals surface area contributed by atoms with Crippen LogP contribution in [0.5, 0.6) is 0 Å². The third kappa shape index (κ3) is 2.59. The molecule has 0 radical (unpaired) electrons. The summed E-state index contributed by atoms with van der Waals surface area (Å²) in [5.74, 6) is -2.44. The largest absolute Gasteiger partial charge is 0.481 e. The third-order valence-electron chi connectivity index (χ3n) is 3.05. The standard InChI is InChI=1S/C9H13F3N4O2/c1-3-8(4-2,7(17)18)5-16-6(9(10,11)12)13-14-15-16/h3-5H2,1-2H3,(H,17,18). The SMILES string of the molecule is CCC(CC)(Cn1nnnc1C(F)(F)F)C(=O)O. The van der Waals surface area contributed by atoms with Gasteiger partial charge in [0.05, 0.1) is 12.0 Å². The lowest BCUT2D eigenvalue weighted by Crippen LogP contribution is -2.36. The summed E-state index contributed by atoms with van der Waals surface area (Å²) in [5, 5.41) is 18.2.